The van der Waals surface area contributed by atoms with Gasteiger partial charge in [-0.25, -0.2) is 0 Å². The van der Waals surface area contributed by atoms with Crippen LogP contribution < -0.4 is 15.8 Å². The van der Waals surface area contributed by atoms with Crippen molar-refractivity contribution in [3.05, 3.63) is 47.4 Å². The summed E-state index contributed by atoms with van der Waals surface area (Å²) in [6.45, 7) is 0. The molecule has 0 bridgehead atoms. The van der Waals surface area contributed by atoms with E-state index in [2.05, 4.69) is 5.32 Å². The molecular formula is C16H18N2O3. The molecule has 0 spiro atoms. The van der Waals surface area contributed by atoms with E-state index in [0.717, 1.165) is 30.7 Å². The third-order valence-electron chi connectivity index (χ3n) is 3.87. The first-order valence-corrected chi connectivity index (χ1v) is 6.99. The van der Waals surface area contributed by atoms with E-state index >= 15 is 0 Å². The number of carbonyl (C=O) groups excluding carboxylic acids is 1. The Morgan fingerprint density at radius 1 is 1.43 bits per heavy atom. The number of nitrogens with one attached hydrogen (secondary N) is 1. The topological polar surface area (TPSA) is 77.5 Å². The summed E-state index contributed by atoms with van der Waals surface area (Å²) < 4.78 is 10.9. The minimum Gasteiger partial charge on any atom is -0.495 e. The highest BCUT2D eigenvalue weighted by Crippen LogP contribution is 2.36. The Bertz CT molecular complexity index is 663. The molecule has 1 aliphatic rings. The molecule has 2 aromatic rings. The average Bonchev–Trinajstić information content (AvgIpc) is 2.96. The van der Waals surface area contributed by atoms with E-state index < -0.39 is 5.91 Å². The van der Waals surface area contributed by atoms with Crippen molar-refractivity contribution in [1.29, 1.82) is 0 Å². The first-order valence-electron chi connectivity index (χ1n) is 6.99. The largest absolute Gasteiger partial charge is 0.495 e. The molecule has 1 heterocycles. The van der Waals surface area contributed by atoms with Gasteiger partial charge in [-0.1, -0.05) is 0 Å². The van der Waals surface area contributed by atoms with Crippen LogP contribution in [0.3, 0.4) is 0 Å². The zero-order valence-electron chi connectivity index (χ0n) is 11.9. The van der Waals surface area contributed by atoms with Gasteiger partial charge in [0.05, 0.1) is 25.1 Å². The second-order valence-corrected chi connectivity index (χ2v) is 5.17. The van der Waals surface area contributed by atoms with Gasteiger partial charge in [0.15, 0.2) is 0 Å². The summed E-state index contributed by atoms with van der Waals surface area (Å²) in [5, 5.41) is 3.45. The lowest BCUT2D eigenvalue weighted by Gasteiger charge is -2.25. The van der Waals surface area contributed by atoms with Gasteiger partial charge in [-0.3, -0.25) is 4.79 Å². The maximum atomic E-state index is 11.3. The van der Waals surface area contributed by atoms with Gasteiger partial charge in [-0.2, -0.15) is 0 Å². The highest BCUT2D eigenvalue weighted by molar-refractivity contribution is 5.94. The number of anilines is 1. The first kappa shape index (κ1) is 13.5. The molecule has 1 atom stereocenters. The van der Waals surface area contributed by atoms with Crippen LogP contribution in [0, 0.1) is 0 Å². The number of amides is 1. The second-order valence-electron chi connectivity index (χ2n) is 5.17. The lowest BCUT2D eigenvalue weighted by molar-refractivity contribution is 0.100. The van der Waals surface area contributed by atoms with Crippen LogP contribution in [0.5, 0.6) is 5.75 Å². The summed E-state index contributed by atoms with van der Waals surface area (Å²) >= 11 is 0. The standard InChI is InChI=1S/C16H18N2O3/c1-20-15-6-5-10(16(17)19)9-13(15)18-12-3-2-4-14-11(12)7-8-21-14/h5-9,12,18H,2-4H2,1H3,(H2,17,19). The van der Waals surface area contributed by atoms with Crippen LogP contribution in [0.25, 0.3) is 0 Å². The average molecular weight is 286 g/mol. The van der Waals surface area contributed by atoms with Gasteiger partial charge in [0.1, 0.15) is 11.5 Å². The fraction of sp³-hybridized carbons (Fsp3) is 0.312. The van der Waals surface area contributed by atoms with Crippen LogP contribution >= 0.6 is 0 Å². The molecule has 1 aromatic carbocycles. The third-order valence-corrected chi connectivity index (χ3v) is 3.87. The Kier molecular flexibility index (Phi) is 3.56. The summed E-state index contributed by atoms with van der Waals surface area (Å²) in [5.41, 5.74) is 7.75. The number of nitrogens with two attached hydrogens (primary N) is 1. The number of rotatable bonds is 4. The van der Waals surface area contributed by atoms with E-state index in [-0.39, 0.29) is 6.04 Å². The number of aryl methyl sites for hydroxylation is 1. The van der Waals surface area contributed by atoms with Crippen LogP contribution in [0.1, 0.15) is 40.6 Å². The molecule has 0 saturated carbocycles. The fourth-order valence-corrected chi connectivity index (χ4v) is 2.80. The minimum absolute atomic E-state index is 0.157. The maximum Gasteiger partial charge on any atom is 0.248 e. The zero-order valence-corrected chi connectivity index (χ0v) is 11.9. The Labute approximate surface area is 123 Å². The van der Waals surface area contributed by atoms with E-state index in [4.69, 9.17) is 14.9 Å². The SMILES string of the molecule is COc1ccc(C(N)=O)cc1NC1CCCc2occc21. The lowest BCUT2D eigenvalue weighted by Crippen LogP contribution is -2.17. The molecular weight excluding hydrogens is 268 g/mol. The zero-order chi connectivity index (χ0) is 14.8. The number of furan rings is 1. The summed E-state index contributed by atoms with van der Waals surface area (Å²) in [7, 11) is 1.61. The Hall–Kier alpha value is -2.43. The number of primary amides is 1. The van der Waals surface area contributed by atoms with Crippen LogP contribution in [0.2, 0.25) is 0 Å². The molecule has 1 aromatic heterocycles. The molecule has 3 N–H and O–H groups in total. The van der Waals surface area contributed by atoms with E-state index in [1.54, 1.807) is 31.6 Å². The van der Waals surface area contributed by atoms with Gasteiger partial charge in [-0.15, -0.1) is 0 Å². The van der Waals surface area contributed by atoms with Crippen molar-refractivity contribution < 1.29 is 13.9 Å². The summed E-state index contributed by atoms with van der Waals surface area (Å²) in [4.78, 5) is 11.3. The van der Waals surface area contributed by atoms with Crippen LogP contribution in [-0.2, 0) is 6.42 Å². The van der Waals surface area contributed by atoms with Gasteiger partial charge in [0.25, 0.3) is 0 Å². The van der Waals surface area contributed by atoms with E-state index in [0.29, 0.717) is 11.3 Å². The smallest absolute Gasteiger partial charge is 0.248 e. The van der Waals surface area contributed by atoms with Crippen molar-refractivity contribution in [2.45, 2.75) is 25.3 Å². The molecule has 1 amide bonds. The van der Waals surface area contributed by atoms with Crippen molar-refractivity contribution in [2.75, 3.05) is 12.4 Å². The fourth-order valence-electron chi connectivity index (χ4n) is 2.80. The minimum atomic E-state index is -0.451. The van der Waals surface area contributed by atoms with Gasteiger partial charge >= 0.3 is 0 Å². The molecule has 21 heavy (non-hydrogen) atoms. The summed E-state index contributed by atoms with van der Waals surface area (Å²) in [6, 6.07) is 7.30. The molecule has 0 aliphatic heterocycles. The first-order chi connectivity index (χ1) is 10.2. The highest BCUT2D eigenvalue weighted by atomic mass is 16.5. The van der Waals surface area contributed by atoms with Crippen LogP contribution in [0.15, 0.2) is 34.9 Å². The molecule has 1 unspecified atom stereocenters. The quantitative estimate of drug-likeness (QED) is 0.906. The van der Waals surface area contributed by atoms with E-state index in [9.17, 15) is 4.79 Å². The number of methoxy groups -OCH3 is 1. The normalized spacial score (nSPS) is 17.1. The maximum absolute atomic E-state index is 11.3. The summed E-state index contributed by atoms with van der Waals surface area (Å²) in [6.07, 6.45) is 4.77. The number of hydrogen-bond acceptors (Lipinski definition) is 4. The molecule has 5 heteroatoms. The third kappa shape index (κ3) is 2.59. The molecule has 0 saturated heterocycles. The predicted octanol–water partition coefficient (Wildman–Crippen LogP) is 2.88. The molecule has 3 rings (SSSR count). The van der Waals surface area contributed by atoms with Gasteiger partial charge in [0, 0.05) is 17.5 Å². The molecule has 0 fully saturated rings. The number of hydrogen-bond donors (Lipinski definition) is 2. The van der Waals surface area contributed by atoms with E-state index in [1.807, 2.05) is 6.07 Å². The van der Waals surface area contributed by atoms with Crippen molar-refractivity contribution in [3.8, 4) is 5.75 Å². The van der Waals surface area contributed by atoms with Gasteiger partial charge in [0.2, 0.25) is 5.91 Å². The molecule has 5 nitrogen and oxygen atoms in total. The highest BCUT2D eigenvalue weighted by Gasteiger charge is 2.23. The number of carbonyl (C=O) groups is 1. The number of ether oxygens (including phenoxy) is 1. The summed E-state index contributed by atoms with van der Waals surface area (Å²) in [5.74, 6) is 1.27. The molecule has 110 valence electrons. The molecule has 0 radical (unpaired) electrons. The Morgan fingerprint density at radius 3 is 3.05 bits per heavy atom. The van der Waals surface area contributed by atoms with Gasteiger partial charge < -0.3 is 20.2 Å². The Balaban J connectivity index is 1.91. The molecule has 1 aliphatic carbocycles. The van der Waals surface area contributed by atoms with Crippen molar-refractivity contribution >= 4 is 11.6 Å². The van der Waals surface area contributed by atoms with Crippen LogP contribution in [-0.4, -0.2) is 13.0 Å². The van der Waals surface area contributed by atoms with E-state index in [1.165, 1.54) is 5.56 Å². The van der Waals surface area contributed by atoms with Crippen LogP contribution in [0.4, 0.5) is 5.69 Å². The van der Waals surface area contributed by atoms with Crippen molar-refractivity contribution in [1.82, 2.24) is 0 Å². The van der Waals surface area contributed by atoms with Gasteiger partial charge in [-0.05, 0) is 37.1 Å². The predicted molar refractivity (Wildman–Crippen MR) is 79.5 cm³/mol. The number of benzene rings is 1. The van der Waals surface area contributed by atoms with Crippen molar-refractivity contribution in [2.24, 2.45) is 5.73 Å². The Morgan fingerprint density at radius 2 is 2.29 bits per heavy atom. The number of fused-ring (bicyclic) bond motifs is 1. The second kappa shape index (κ2) is 5.52. The van der Waals surface area contributed by atoms with Crippen molar-refractivity contribution in [3.63, 3.8) is 0 Å². The lowest BCUT2D eigenvalue weighted by atomic mass is 9.93. The monoisotopic (exact) mass is 286 g/mol.